The van der Waals surface area contributed by atoms with Crippen molar-refractivity contribution in [1.82, 2.24) is 25.8 Å². The van der Waals surface area contributed by atoms with Crippen molar-refractivity contribution < 1.29 is 23.9 Å². The SMILES string of the molecule is CC[C@H](C)[C@H]1NC(=O)[C@H]2N=C(O[C@@H]2C)[C@H]2CCCN2C(=O)[C@H](Cc2ccccc2)NC(=O)c2csc(n2)[C@H](C)NC(=O)[C@@H]2CSC1=N2. The second-order valence-electron chi connectivity index (χ2n) is 12.6. The fourth-order valence-corrected chi connectivity index (χ4v) is 8.35. The lowest BCUT2D eigenvalue weighted by molar-refractivity contribution is -0.133. The van der Waals surface area contributed by atoms with E-state index < -0.39 is 42.2 Å². The van der Waals surface area contributed by atoms with E-state index in [0.717, 1.165) is 18.4 Å². The number of hydrogen-bond acceptors (Lipinski definition) is 10. The number of hydrogen-bond donors (Lipinski definition) is 3. The van der Waals surface area contributed by atoms with E-state index >= 15 is 0 Å². The fourth-order valence-electron chi connectivity index (χ4n) is 6.31. The molecule has 4 aliphatic rings. The molecule has 3 N–H and O–H groups in total. The Kier molecular flexibility index (Phi) is 9.97. The molecule has 14 heteroatoms. The maximum absolute atomic E-state index is 14.2. The van der Waals surface area contributed by atoms with E-state index in [2.05, 4.69) is 34.8 Å². The third-order valence-corrected chi connectivity index (χ3v) is 11.4. The van der Waals surface area contributed by atoms with Crippen LogP contribution in [0.25, 0.3) is 0 Å². The predicted octanol–water partition coefficient (Wildman–Crippen LogP) is 2.90. The molecule has 2 aromatic rings. The van der Waals surface area contributed by atoms with E-state index in [-0.39, 0.29) is 41.8 Å². The number of nitrogens with zero attached hydrogens (tertiary/aromatic N) is 4. The summed E-state index contributed by atoms with van der Waals surface area (Å²) in [4.78, 5) is 70.6. The summed E-state index contributed by atoms with van der Waals surface area (Å²) in [5.74, 6) is -0.360. The maximum Gasteiger partial charge on any atom is 0.271 e. The van der Waals surface area contributed by atoms with Crippen LogP contribution in [0.5, 0.6) is 0 Å². The van der Waals surface area contributed by atoms with E-state index in [1.165, 1.54) is 23.1 Å². The minimum absolute atomic E-state index is 0.0666. The zero-order chi connectivity index (χ0) is 33.2. The summed E-state index contributed by atoms with van der Waals surface area (Å²) < 4.78 is 6.18. The number of rotatable bonds is 4. The smallest absolute Gasteiger partial charge is 0.271 e. The highest BCUT2D eigenvalue weighted by Gasteiger charge is 2.44. The number of carbonyl (C=O) groups excluding carboxylic acids is 4. The molecule has 6 rings (SSSR count). The third kappa shape index (κ3) is 7.08. The lowest BCUT2D eigenvalue weighted by Crippen LogP contribution is -2.52. The Balaban J connectivity index is 1.35. The summed E-state index contributed by atoms with van der Waals surface area (Å²) in [7, 11) is 0. The van der Waals surface area contributed by atoms with Gasteiger partial charge in [-0.2, -0.15) is 0 Å². The van der Waals surface area contributed by atoms with E-state index in [0.29, 0.717) is 34.7 Å². The first-order valence-electron chi connectivity index (χ1n) is 16.3. The largest absolute Gasteiger partial charge is 0.474 e. The standard InChI is InChI=1S/C33H41N7O5S2/c1-5-17(2)25-32-37-22(16-47-32)27(41)34-18(3)31-36-23(15-46-31)28(42)35-21(14-20-10-7-6-8-11-20)33(44)40-13-9-12-24(40)30-39-26(19(4)45-30)29(43)38-25/h6-8,10-11,15,17-19,21-22,24-26H,5,9,12-14,16H2,1-4H3,(H,34,41)(H,35,42)(H,38,43)/t17-,18-,19+,21-,22-,24+,25+,26-/m0/s1. The summed E-state index contributed by atoms with van der Waals surface area (Å²) in [5, 5.41) is 12.0. The summed E-state index contributed by atoms with van der Waals surface area (Å²) >= 11 is 2.75. The average molecular weight is 680 g/mol. The molecule has 12 nitrogen and oxygen atoms in total. The number of carbonyl (C=O) groups is 4. The molecule has 0 radical (unpaired) electrons. The quantitative estimate of drug-likeness (QED) is 0.449. The second kappa shape index (κ2) is 14.1. The normalized spacial score (nSPS) is 30.6. The highest BCUT2D eigenvalue weighted by Crippen LogP contribution is 2.29. The number of amides is 4. The van der Waals surface area contributed by atoms with E-state index in [9.17, 15) is 19.2 Å². The molecule has 47 heavy (non-hydrogen) atoms. The molecule has 1 saturated heterocycles. The first kappa shape index (κ1) is 33.1. The predicted molar refractivity (Wildman–Crippen MR) is 182 cm³/mol. The average Bonchev–Trinajstić information content (AvgIpc) is 3.89. The Morgan fingerprint density at radius 1 is 1.04 bits per heavy atom. The molecule has 0 aliphatic carbocycles. The van der Waals surface area contributed by atoms with Gasteiger partial charge in [0.1, 0.15) is 34.9 Å². The molecule has 6 bridgehead atoms. The van der Waals surface area contributed by atoms with Crippen molar-refractivity contribution in [1.29, 1.82) is 0 Å². The van der Waals surface area contributed by atoms with Gasteiger partial charge >= 0.3 is 0 Å². The van der Waals surface area contributed by atoms with Crippen LogP contribution in [0.1, 0.15) is 74.1 Å². The van der Waals surface area contributed by atoms with Crippen LogP contribution in [0.2, 0.25) is 0 Å². The molecule has 5 heterocycles. The van der Waals surface area contributed by atoms with Gasteiger partial charge in [0.05, 0.1) is 17.1 Å². The maximum atomic E-state index is 14.2. The van der Waals surface area contributed by atoms with Crippen molar-refractivity contribution in [2.75, 3.05) is 12.3 Å². The van der Waals surface area contributed by atoms with Crippen LogP contribution in [0.3, 0.4) is 0 Å². The lowest BCUT2D eigenvalue weighted by Gasteiger charge is -2.29. The molecule has 4 aliphatic heterocycles. The fraction of sp³-hybridized carbons (Fsp3) is 0.545. The Hall–Kier alpha value is -3.78. The van der Waals surface area contributed by atoms with Crippen LogP contribution >= 0.6 is 23.1 Å². The van der Waals surface area contributed by atoms with Gasteiger partial charge in [-0.1, -0.05) is 50.6 Å². The van der Waals surface area contributed by atoms with Gasteiger partial charge in [0.25, 0.3) is 5.91 Å². The van der Waals surface area contributed by atoms with Crippen molar-refractivity contribution in [3.8, 4) is 0 Å². The van der Waals surface area contributed by atoms with E-state index in [1.54, 1.807) is 10.3 Å². The molecule has 0 spiro atoms. The summed E-state index contributed by atoms with van der Waals surface area (Å²) in [6, 6.07) is 5.96. The highest BCUT2D eigenvalue weighted by atomic mass is 32.2. The number of aromatic nitrogens is 1. The molecule has 1 aromatic heterocycles. The van der Waals surface area contributed by atoms with Crippen LogP contribution in [0.15, 0.2) is 45.7 Å². The van der Waals surface area contributed by atoms with Crippen molar-refractivity contribution in [3.05, 3.63) is 52.0 Å². The summed E-state index contributed by atoms with van der Waals surface area (Å²) in [6.07, 6.45) is 1.92. The molecule has 250 valence electrons. The van der Waals surface area contributed by atoms with Crippen molar-refractivity contribution in [3.63, 3.8) is 0 Å². The number of benzene rings is 1. The lowest BCUT2D eigenvalue weighted by atomic mass is 9.99. The minimum atomic E-state index is -0.872. The number of fused-ring (bicyclic) bond motifs is 6. The van der Waals surface area contributed by atoms with Crippen molar-refractivity contribution >= 4 is 57.7 Å². The molecular weight excluding hydrogens is 639 g/mol. The highest BCUT2D eigenvalue weighted by molar-refractivity contribution is 8.14. The summed E-state index contributed by atoms with van der Waals surface area (Å²) in [6.45, 7) is 8.21. The number of thioether (sulfide) groups is 1. The van der Waals surface area contributed by atoms with Crippen LogP contribution < -0.4 is 16.0 Å². The Labute approximate surface area is 282 Å². The van der Waals surface area contributed by atoms with Gasteiger partial charge in [-0.3, -0.25) is 24.2 Å². The van der Waals surface area contributed by atoms with Gasteiger partial charge in [-0.05, 0) is 38.2 Å². The van der Waals surface area contributed by atoms with Gasteiger partial charge in [-0.25, -0.2) is 9.98 Å². The molecule has 0 saturated carbocycles. The zero-order valence-corrected chi connectivity index (χ0v) is 28.6. The zero-order valence-electron chi connectivity index (χ0n) is 27.0. The van der Waals surface area contributed by atoms with Gasteiger partial charge in [-0.15, -0.1) is 23.1 Å². The van der Waals surface area contributed by atoms with E-state index in [4.69, 9.17) is 14.7 Å². The Bertz CT molecular complexity index is 1580. The van der Waals surface area contributed by atoms with Crippen LogP contribution in [0, 0.1) is 5.92 Å². The topological polar surface area (TPSA) is 154 Å². The number of aliphatic imine (C=N–C) groups is 2. The number of nitrogens with one attached hydrogen (secondary N) is 3. The molecule has 0 unspecified atom stereocenters. The first-order chi connectivity index (χ1) is 22.6. The van der Waals surface area contributed by atoms with Crippen LogP contribution in [0.4, 0.5) is 0 Å². The molecular formula is C33H41N7O5S2. The van der Waals surface area contributed by atoms with E-state index in [1.807, 2.05) is 44.2 Å². The number of ether oxygens (including phenoxy) is 1. The second-order valence-corrected chi connectivity index (χ2v) is 14.5. The molecule has 8 atom stereocenters. The van der Waals surface area contributed by atoms with Crippen LogP contribution in [-0.4, -0.2) is 93.1 Å². The minimum Gasteiger partial charge on any atom is -0.474 e. The summed E-state index contributed by atoms with van der Waals surface area (Å²) in [5.41, 5.74) is 1.08. The Morgan fingerprint density at radius 3 is 2.60 bits per heavy atom. The van der Waals surface area contributed by atoms with Crippen molar-refractivity contribution in [2.45, 2.75) is 95.7 Å². The monoisotopic (exact) mass is 679 g/mol. The van der Waals surface area contributed by atoms with Gasteiger partial charge in [0, 0.05) is 24.1 Å². The molecule has 1 fully saturated rings. The van der Waals surface area contributed by atoms with Gasteiger partial charge in [0.15, 0.2) is 6.04 Å². The number of thiazole rings is 1. The van der Waals surface area contributed by atoms with Gasteiger partial charge in [0.2, 0.25) is 23.6 Å². The van der Waals surface area contributed by atoms with Crippen molar-refractivity contribution in [2.24, 2.45) is 15.9 Å². The molecule has 4 amide bonds. The van der Waals surface area contributed by atoms with Gasteiger partial charge < -0.3 is 25.6 Å². The first-order valence-corrected chi connectivity index (χ1v) is 18.2. The molecule has 1 aromatic carbocycles. The van der Waals surface area contributed by atoms with Crippen LogP contribution in [-0.2, 0) is 25.5 Å². The third-order valence-electron chi connectivity index (χ3n) is 9.23. The Morgan fingerprint density at radius 2 is 1.83 bits per heavy atom.